The Morgan fingerprint density at radius 3 is 1.38 bits per heavy atom. The predicted octanol–water partition coefficient (Wildman–Crippen LogP) is 17.2. The van der Waals surface area contributed by atoms with Crippen LogP contribution in [0.25, 0.3) is 0 Å². The molecule has 0 bridgehead atoms. The number of hydrogen-bond acceptors (Lipinski definition) is 7. The first kappa shape index (κ1) is 69.2. The predicted molar refractivity (Wildman–Crippen MR) is 307 cm³/mol. The molecule has 1 N–H and O–H groups in total. The van der Waals surface area contributed by atoms with Gasteiger partial charge in [0.25, 0.3) is 7.82 Å². The van der Waals surface area contributed by atoms with Crippen molar-refractivity contribution in [2.75, 3.05) is 40.9 Å². The number of esters is 1. The number of hydrogen-bond donors (Lipinski definition) is 1. The van der Waals surface area contributed by atoms with Crippen LogP contribution in [0, 0.1) is 0 Å². The van der Waals surface area contributed by atoms with Gasteiger partial charge in [0.05, 0.1) is 33.8 Å². The van der Waals surface area contributed by atoms with Gasteiger partial charge in [-0.2, -0.15) is 0 Å². The molecular weight excluding hydrogens is 916 g/mol. The minimum absolute atomic E-state index is 0.0328. The highest BCUT2D eigenvalue weighted by atomic mass is 31.2. The van der Waals surface area contributed by atoms with Crippen molar-refractivity contribution in [3.05, 3.63) is 85.1 Å². The zero-order valence-electron chi connectivity index (χ0n) is 47.4. The molecule has 3 unspecified atom stereocenters. The molecule has 3 atom stereocenters. The summed E-state index contributed by atoms with van der Waals surface area (Å²) in [5.74, 6) is -0.589. The Morgan fingerprint density at radius 1 is 0.500 bits per heavy atom. The molecule has 0 aromatic heterocycles. The lowest BCUT2D eigenvalue weighted by Gasteiger charge is -2.30. The summed E-state index contributed by atoms with van der Waals surface area (Å²) in [6.07, 6.45) is 66.9. The average molecular weight is 1030 g/mol. The fourth-order valence-electron chi connectivity index (χ4n) is 8.01. The van der Waals surface area contributed by atoms with E-state index in [0.717, 1.165) is 103 Å². The molecule has 0 heterocycles. The van der Waals surface area contributed by atoms with E-state index in [9.17, 15) is 19.0 Å². The molecule has 0 fully saturated rings. The van der Waals surface area contributed by atoms with Crippen LogP contribution in [-0.2, 0) is 27.9 Å². The number of amides is 1. The lowest BCUT2D eigenvalue weighted by Crippen LogP contribution is -2.47. The van der Waals surface area contributed by atoms with Crippen LogP contribution in [0.2, 0.25) is 0 Å². The number of nitrogens with one attached hydrogen (secondary N) is 1. The van der Waals surface area contributed by atoms with Gasteiger partial charge in [-0.1, -0.05) is 215 Å². The van der Waals surface area contributed by atoms with Crippen molar-refractivity contribution in [3.8, 4) is 0 Å². The van der Waals surface area contributed by atoms with Crippen molar-refractivity contribution in [1.82, 2.24) is 5.32 Å². The van der Waals surface area contributed by atoms with Gasteiger partial charge in [0.15, 0.2) is 0 Å². The average Bonchev–Trinajstić information content (AvgIpc) is 3.34. The Hall–Kier alpha value is -2.81. The van der Waals surface area contributed by atoms with Crippen LogP contribution >= 0.6 is 7.82 Å². The molecule has 0 aromatic carbocycles. The first-order valence-electron chi connectivity index (χ1n) is 29.4. The Bertz CT molecular complexity index is 1510. The highest BCUT2D eigenvalue weighted by Gasteiger charge is 2.27. The van der Waals surface area contributed by atoms with E-state index in [2.05, 4.69) is 99.0 Å². The van der Waals surface area contributed by atoms with Crippen LogP contribution < -0.4 is 10.2 Å². The molecule has 0 radical (unpaired) electrons. The number of unbranched alkanes of at least 4 members (excludes halogenated alkanes) is 24. The molecule has 0 saturated carbocycles. The van der Waals surface area contributed by atoms with Crippen molar-refractivity contribution >= 4 is 19.7 Å². The van der Waals surface area contributed by atoms with Gasteiger partial charge in [-0.25, -0.2) is 0 Å². The monoisotopic (exact) mass is 1030 g/mol. The number of phosphoric acid groups is 1. The van der Waals surface area contributed by atoms with E-state index in [1.165, 1.54) is 103 Å². The molecule has 72 heavy (non-hydrogen) atoms. The molecule has 9 nitrogen and oxygen atoms in total. The highest BCUT2D eigenvalue weighted by molar-refractivity contribution is 7.45. The van der Waals surface area contributed by atoms with Crippen molar-refractivity contribution in [2.45, 2.75) is 258 Å². The lowest BCUT2D eigenvalue weighted by atomic mass is 10.0. The van der Waals surface area contributed by atoms with Crippen LogP contribution in [0.3, 0.4) is 0 Å². The molecule has 1 amide bonds. The molecule has 0 aromatic rings. The summed E-state index contributed by atoms with van der Waals surface area (Å²) in [6, 6.07) is -0.909. The van der Waals surface area contributed by atoms with Gasteiger partial charge < -0.3 is 28.5 Å². The van der Waals surface area contributed by atoms with Gasteiger partial charge in [0.2, 0.25) is 5.91 Å². The topological polar surface area (TPSA) is 114 Å². The normalized spacial score (nSPS) is 14.4. The van der Waals surface area contributed by atoms with Crippen molar-refractivity contribution < 1.29 is 37.3 Å². The van der Waals surface area contributed by atoms with Gasteiger partial charge in [-0.05, 0) is 102 Å². The van der Waals surface area contributed by atoms with E-state index >= 15 is 0 Å². The Labute approximate surface area is 444 Å². The molecular formula is C62H111N2O7P. The third kappa shape index (κ3) is 52.1. The van der Waals surface area contributed by atoms with Crippen molar-refractivity contribution in [2.24, 2.45) is 0 Å². The standard InChI is InChI=1S/C62H111N2O7P/c1-7-10-13-16-19-22-25-28-30-31-32-33-34-37-40-43-46-49-52-55-62(66)71-60(53-50-47-44-41-38-35-27-24-21-18-15-12-9-3)59(58-70-72(67,68)69-57-56-64(4,5)6)63-61(65)54-51-48-45-42-39-36-29-26-23-20-17-14-11-8-2/h11,14,19-20,22-23,28,30,32-33,37,40,50,53,59-60H,7-10,12-13,15-18,21,24-27,29,31,34-36,38-39,41-49,51-52,54-58H2,1-6H3,(H-,63,65,67,68)/b14-11+,22-19-,23-20+,30-28-,33-32-,40-37-,53-50+. The quantitative estimate of drug-likeness (QED) is 0.0212. The number of nitrogens with zero attached hydrogens (tertiary/aromatic N) is 1. The molecule has 0 rings (SSSR count). The second-order valence-electron chi connectivity index (χ2n) is 20.8. The maximum atomic E-state index is 13.5. The number of quaternary nitrogens is 1. The zero-order chi connectivity index (χ0) is 52.9. The summed E-state index contributed by atoms with van der Waals surface area (Å²) < 4.78 is 30.2. The number of carbonyl (C=O) groups excluding carboxylic acids is 2. The Balaban J connectivity index is 5.42. The second kappa shape index (κ2) is 51.7. The maximum Gasteiger partial charge on any atom is 0.306 e. The molecule has 0 spiro atoms. The smallest absolute Gasteiger partial charge is 0.306 e. The molecule has 10 heteroatoms. The largest absolute Gasteiger partial charge is 0.756 e. The third-order valence-corrected chi connectivity index (χ3v) is 13.5. The van der Waals surface area contributed by atoms with E-state index in [1.807, 2.05) is 33.3 Å². The van der Waals surface area contributed by atoms with Crippen LogP contribution in [0.5, 0.6) is 0 Å². The van der Waals surface area contributed by atoms with Crippen LogP contribution in [0.1, 0.15) is 245 Å². The van der Waals surface area contributed by atoms with Crippen LogP contribution in [-0.4, -0.2) is 69.4 Å². The van der Waals surface area contributed by atoms with Gasteiger partial charge in [-0.15, -0.1) is 0 Å². The van der Waals surface area contributed by atoms with E-state index in [4.69, 9.17) is 13.8 Å². The molecule has 0 aliphatic heterocycles. The molecule has 416 valence electrons. The summed E-state index contributed by atoms with van der Waals surface area (Å²) in [6.45, 7) is 6.67. The number of carbonyl (C=O) groups is 2. The summed E-state index contributed by atoms with van der Waals surface area (Å²) in [5.41, 5.74) is 0. The third-order valence-electron chi connectivity index (χ3n) is 12.6. The highest BCUT2D eigenvalue weighted by Crippen LogP contribution is 2.38. The summed E-state index contributed by atoms with van der Waals surface area (Å²) >= 11 is 0. The minimum Gasteiger partial charge on any atom is -0.756 e. The second-order valence-corrected chi connectivity index (χ2v) is 22.2. The number of likely N-dealkylation sites (N-methyl/N-ethyl adjacent to an activating group) is 1. The first-order valence-corrected chi connectivity index (χ1v) is 30.9. The van der Waals surface area contributed by atoms with E-state index < -0.39 is 26.6 Å². The van der Waals surface area contributed by atoms with Crippen molar-refractivity contribution in [1.29, 1.82) is 0 Å². The number of phosphoric ester groups is 1. The van der Waals surface area contributed by atoms with Crippen LogP contribution in [0.15, 0.2) is 85.1 Å². The van der Waals surface area contributed by atoms with Gasteiger partial charge >= 0.3 is 5.97 Å². The minimum atomic E-state index is -4.71. The first-order chi connectivity index (χ1) is 34.9. The van der Waals surface area contributed by atoms with E-state index in [1.54, 1.807) is 0 Å². The number of allylic oxidation sites excluding steroid dienone is 13. The van der Waals surface area contributed by atoms with Crippen LogP contribution in [0.4, 0.5) is 0 Å². The van der Waals surface area contributed by atoms with Gasteiger partial charge in [-0.3, -0.25) is 14.2 Å². The maximum absolute atomic E-state index is 13.5. The van der Waals surface area contributed by atoms with Crippen molar-refractivity contribution in [3.63, 3.8) is 0 Å². The lowest BCUT2D eigenvalue weighted by molar-refractivity contribution is -0.870. The molecule has 0 aliphatic rings. The summed E-state index contributed by atoms with van der Waals surface area (Å²) in [5, 5.41) is 3.01. The number of ether oxygens (including phenoxy) is 1. The molecule has 0 aliphatic carbocycles. The summed E-state index contributed by atoms with van der Waals surface area (Å²) in [4.78, 5) is 39.9. The zero-order valence-corrected chi connectivity index (χ0v) is 48.3. The van der Waals surface area contributed by atoms with Gasteiger partial charge in [0.1, 0.15) is 19.3 Å². The van der Waals surface area contributed by atoms with E-state index in [-0.39, 0.29) is 24.9 Å². The SMILES string of the molecule is CC/C=C/C/C=C/CCCCCCCCCC(=O)NC(COP(=O)([O-])OCC[N+](C)(C)C)C(/C=C/CCCCCCCCCCCCC)OC(=O)CCCCC/C=C\C/C=C\C/C=C\C/C=C\CCCCC. The van der Waals surface area contributed by atoms with Gasteiger partial charge in [0, 0.05) is 12.8 Å². The Morgan fingerprint density at radius 2 is 0.889 bits per heavy atom. The Kier molecular flexibility index (Phi) is 49.6. The molecule has 0 saturated heterocycles. The summed E-state index contributed by atoms with van der Waals surface area (Å²) in [7, 11) is 1.15. The fourth-order valence-corrected chi connectivity index (χ4v) is 8.74. The van der Waals surface area contributed by atoms with E-state index in [0.29, 0.717) is 23.9 Å². The fraction of sp³-hybridized carbons (Fsp3) is 0.742. The number of rotatable bonds is 52.